The predicted octanol–water partition coefficient (Wildman–Crippen LogP) is 6.36. The quantitative estimate of drug-likeness (QED) is 0.583. The minimum atomic E-state index is -0.0271. The molecule has 0 radical (unpaired) electrons. The number of phenols is 1. The van der Waals surface area contributed by atoms with Gasteiger partial charge < -0.3 is 5.11 Å². The first kappa shape index (κ1) is 19.0. The van der Waals surface area contributed by atoms with Crippen molar-refractivity contribution in [2.75, 3.05) is 0 Å². The maximum absolute atomic E-state index is 12.7. The number of hydrogen-bond donors (Lipinski definition) is 1. The summed E-state index contributed by atoms with van der Waals surface area (Å²) in [6.45, 7) is 4.85. The van der Waals surface area contributed by atoms with Crippen molar-refractivity contribution in [2.24, 2.45) is 28.6 Å². The van der Waals surface area contributed by atoms with E-state index in [-0.39, 0.29) is 5.41 Å². The van der Waals surface area contributed by atoms with Crippen LogP contribution in [0.3, 0.4) is 0 Å². The zero-order valence-electron chi connectivity index (χ0n) is 18.0. The summed E-state index contributed by atoms with van der Waals surface area (Å²) in [4.78, 5) is 19.2. The van der Waals surface area contributed by atoms with Gasteiger partial charge in [0, 0.05) is 28.2 Å². The minimum Gasteiger partial charge on any atom is -0.508 e. The Balaban J connectivity index is 1.34. The largest absolute Gasteiger partial charge is 0.508 e. The molecule has 6 rings (SSSR count). The van der Waals surface area contributed by atoms with E-state index in [0.29, 0.717) is 28.8 Å². The molecule has 0 spiro atoms. The molecule has 1 heterocycles. The average molecular weight is 422 g/mol. The molecule has 0 bridgehead atoms. The number of phenolic OH excluding ortho intramolecular Hbond substituents is 1. The third kappa shape index (κ3) is 2.49. The van der Waals surface area contributed by atoms with Gasteiger partial charge in [0.15, 0.2) is 0 Å². The fourth-order valence-electron chi connectivity index (χ4n) is 7.95. The van der Waals surface area contributed by atoms with E-state index in [4.69, 9.17) is 4.98 Å². The van der Waals surface area contributed by atoms with Gasteiger partial charge in [0.1, 0.15) is 16.5 Å². The van der Waals surface area contributed by atoms with Gasteiger partial charge in [0.25, 0.3) is 0 Å². The van der Waals surface area contributed by atoms with Crippen molar-refractivity contribution < 1.29 is 9.90 Å². The minimum absolute atomic E-state index is 0.0271. The van der Waals surface area contributed by atoms with Crippen LogP contribution in [-0.2, 0) is 11.2 Å². The molecule has 3 fully saturated rings. The maximum Gasteiger partial charge on any atom is 0.139 e. The number of nitrogens with zero attached hydrogens (tertiary/aromatic N) is 1. The van der Waals surface area contributed by atoms with Crippen molar-refractivity contribution in [1.29, 1.82) is 0 Å². The number of carbonyl (C=O) groups is 1. The molecule has 30 heavy (non-hydrogen) atoms. The van der Waals surface area contributed by atoms with E-state index in [2.05, 4.69) is 13.8 Å². The van der Waals surface area contributed by atoms with E-state index in [1.165, 1.54) is 36.3 Å². The van der Waals surface area contributed by atoms with Gasteiger partial charge >= 0.3 is 0 Å². The molecule has 0 amide bonds. The standard InChI is InChI=1S/C26H31NO2S/c1-25-14-12-21-23(30-24(27-21)15-3-5-16(28)6-4-15)20(25)8-7-17-18-9-10-22(29)26(18,2)13-11-19(17)25/h3-6,17-20,28H,7-14H2,1-2H3/t17-,18-,19-,20?,25+,26-/m0/s1. The number of aromatic hydroxyl groups is 1. The van der Waals surface area contributed by atoms with E-state index in [1.807, 2.05) is 23.5 Å². The lowest BCUT2D eigenvalue weighted by atomic mass is 9.46. The molecule has 1 unspecified atom stereocenters. The Morgan fingerprint density at radius 3 is 2.60 bits per heavy atom. The molecular formula is C26H31NO2S. The molecule has 2 aromatic rings. The summed E-state index contributed by atoms with van der Waals surface area (Å²) >= 11 is 1.89. The molecule has 3 nitrogen and oxygen atoms in total. The molecule has 4 aliphatic rings. The first-order valence-corrected chi connectivity index (χ1v) is 12.5. The number of Topliss-reactive ketones (excluding diaryl/α,β-unsaturated/α-hetero) is 1. The summed E-state index contributed by atoms with van der Waals surface area (Å²) in [6.07, 6.45) is 9.15. The Hall–Kier alpha value is -1.68. The number of carbonyl (C=O) groups excluding carboxylic acids is 1. The van der Waals surface area contributed by atoms with Crippen LogP contribution in [0.25, 0.3) is 10.6 Å². The molecule has 4 aliphatic carbocycles. The summed E-state index contributed by atoms with van der Waals surface area (Å²) in [6, 6.07) is 7.48. The normalized spacial score (nSPS) is 39.7. The van der Waals surface area contributed by atoms with Gasteiger partial charge in [-0.3, -0.25) is 4.79 Å². The summed E-state index contributed by atoms with van der Waals surface area (Å²) in [5.41, 5.74) is 2.75. The predicted molar refractivity (Wildman–Crippen MR) is 120 cm³/mol. The molecule has 1 aromatic heterocycles. The van der Waals surface area contributed by atoms with Crippen LogP contribution < -0.4 is 0 Å². The molecule has 1 aromatic carbocycles. The van der Waals surface area contributed by atoms with E-state index in [9.17, 15) is 9.90 Å². The third-order valence-corrected chi connectivity index (χ3v) is 10.9. The van der Waals surface area contributed by atoms with Crippen LogP contribution in [0.1, 0.15) is 75.3 Å². The molecule has 158 valence electrons. The average Bonchev–Trinajstić information content (AvgIpc) is 3.29. The second-order valence-electron chi connectivity index (χ2n) is 10.8. The molecule has 0 saturated heterocycles. The number of aryl methyl sites for hydroxylation is 1. The van der Waals surface area contributed by atoms with E-state index in [0.717, 1.165) is 48.1 Å². The smallest absolute Gasteiger partial charge is 0.139 e. The van der Waals surface area contributed by atoms with Gasteiger partial charge in [-0.15, -0.1) is 11.3 Å². The first-order chi connectivity index (χ1) is 14.4. The van der Waals surface area contributed by atoms with Crippen LogP contribution in [0, 0.1) is 28.6 Å². The topological polar surface area (TPSA) is 50.2 Å². The van der Waals surface area contributed by atoms with Crippen molar-refractivity contribution in [1.82, 2.24) is 4.98 Å². The second-order valence-corrected chi connectivity index (χ2v) is 11.8. The summed E-state index contributed by atoms with van der Waals surface area (Å²) in [5, 5.41) is 10.7. The van der Waals surface area contributed by atoms with Crippen molar-refractivity contribution in [3.05, 3.63) is 34.8 Å². The molecule has 3 saturated carbocycles. The van der Waals surface area contributed by atoms with Crippen LogP contribution in [-0.4, -0.2) is 15.9 Å². The zero-order chi connectivity index (χ0) is 20.7. The lowest BCUT2D eigenvalue weighted by molar-refractivity contribution is -0.134. The van der Waals surface area contributed by atoms with Crippen LogP contribution in [0.2, 0.25) is 0 Å². The number of thiazole rings is 1. The highest BCUT2D eigenvalue weighted by Gasteiger charge is 2.60. The Morgan fingerprint density at radius 2 is 1.80 bits per heavy atom. The second kappa shape index (κ2) is 6.41. The zero-order valence-corrected chi connectivity index (χ0v) is 18.8. The molecule has 4 heteroatoms. The molecule has 1 N–H and O–H groups in total. The van der Waals surface area contributed by atoms with Crippen molar-refractivity contribution in [2.45, 2.75) is 71.1 Å². The van der Waals surface area contributed by atoms with Gasteiger partial charge in [-0.25, -0.2) is 4.98 Å². The highest BCUT2D eigenvalue weighted by atomic mass is 32.1. The Labute approximate surface area is 182 Å². The Morgan fingerprint density at radius 1 is 1.00 bits per heavy atom. The van der Waals surface area contributed by atoms with Crippen molar-refractivity contribution in [3.63, 3.8) is 0 Å². The van der Waals surface area contributed by atoms with Gasteiger partial charge in [0.05, 0.1) is 5.69 Å². The lowest BCUT2D eigenvalue weighted by Gasteiger charge is -2.59. The molecular weight excluding hydrogens is 390 g/mol. The maximum atomic E-state index is 12.7. The number of benzene rings is 1. The summed E-state index contributed by atoms with van der Waals surface area (Å²) in [5.74, 6) is 3.59. The van der Waals surface area contributed by atoms with Crippen molar-refractivity contribution >= 4 is 17.1 Å². The van der Waals surface area contributed by atoms with E-state index in [1.54, 1.807) is 12.1 Å². The third-order valence-electron chi connectivity index (χ3n) is 9.64. The van der Waals surface area contributed by atoms with Gasteiger partial charge in [0.2, 0.25) is 0 Å². The molecule has 0 aliphatic heterocycles. The highest BCUT2D eigenvalue weighted by molar-refractivity contribution is 7.15. The van der Waals surface area contributed by atoms with Crippen LogP contribution in [0.5, 0.6) is 5.75 Å². The Kier molecular flexibility index (Phi) is 4.07. The summed E-state index contributed by atoms with van der Waals surface area (Å²) < 4.78 is 0. The Bertz CT molecular complexity index is 1010. The lowest BCUT2D eigenvalue weighted by Crippen LogP contribution is -2.52. The van der Waals surface area contributed by atoms with Crippen molar-refractivity contribution in [3.8, 4) is 16.3 Å². The number of ketones is 1. The fourth-order valence-corrected chi connectivity index (χ4v) is 9.36. The van der Waals surface area contributed by atoms with Crippen LogP contribution in [0.15, 0.2) is 24.3 Å². The summed E-state index contributed by atoms with van der Waals surface area (Å²) in [7, 11) is 0. The molecule has 6 atom stereocenters. The fraction of sp³-hybridized carbons (Fsp3) is 0.615. The number of rotatable bonds is 1. The van der Waals surface area contributed by atoms with Crippen LogP contribution in [0.4, 0.5) is 0 Å². The van der Waals surface area contributed by atoms with Gasteiger partial charge in [-0.05, 0) is 92.4 Å². The van der Waals surface area contributed by atoms with Gasteiger partial charge in [-0.1, -0.05) is 13.8 Å². The SMILES string of the molecule is C[C@]12CCc3nc(-c4ccc(O)cc4)sc3C1CC[C@@H]1[C@@H]2CC[C@]2(C)C(=O)CC[C@@H]12. The number of aromatic nitrogens is 1. The van der Waals surface area contributed by atoms with E-state index >= 15 is 0 Å². The highest BCUT2D eigenvalue weighted by Crippen LogP contribution is 2.67. The first-order valence-electron chi connectivity index (χ1n) is 11.7. The van der Waals surface area contributed by atoms with E-state index < -0.39 is 0 Å². The van der Waals surface area contributed by atoms with Gasteiger partial charge in [-0.2, -0.15) is 0 Å². The van der Waals surface area contributed by atoms with Crippen LogP contribution >= 0.6 is 11.3 Å². The number of fused-ring (bicyclic) bond motifs is 7. The monoisotopic (exact) mass is 421 g/mol. The number of hydrogen-bond acceptors (Lipinski definition) is 4.